The zero-order valence-corrected chi connectivity index (χ0v) is 14.6. The van der Waals surface area contributed by atoms with Crippen molar-refractivity contribution in [2.24, 2.45) is 0 Å². The highest BCUT2D eigenvalue weighted by Gasteiger charge is 2.47. The monoisotopic (exact) mass is 349 g/mol. The van der Waals surface area contributed by atoms with Crippen molar-refractivity contribution in [2.75, 3.05) is 17.3 Å². The fraction of sp³-hybridized carbons (Fsp3) is 0.333. The molecule has 3 aromatic heterocycles. The van der Waals surface area contributed by atoms with Gasteiger partial charge in [0.15, 0.2) is 0 Å². The molecular formula is C18H19N7O. The SMILES string of the molecule is Cc1cc(Nc2ncnc3[nH]ccc23)nc2c1C(=O)NC1(CCC1)N2C. The van der Waals surface area contributed by atoms with E-state index < -0.39 is 0 Å². The van der Waals surface area contributed by atoms with E-state index in [0.29, 0.717) is 17.2 Å². The van der Waals surface area contributed by atoms with E-state index in [2.05, 4.69) is 30.5 Å². The molecule has 0 atom stereocenters. The molecule has 0 radical (unpaired) electrons. The van der Waals surface area contributed by atoms with E-state index in [4.69, 9.17) is 4.98 Å². The largest absolute Gasteiger partial charge is 0.346 e. The first-order chi connectivity index (χ1) is 12.6. The third-order valence-corrected chi connectivity index (χ3v) is 5.51. The van der Waals surface area contributed by atoms with Gasteiger partial charge in [0.05, 0.1) is 10.9 Å². The highest BCUT2D eigenvalue weighted by molar-refractivity contribution is 6.03. The summed E-state index contributed by atoms with van der Waals surface area (Å²) in [6.45, 7) is 1.93. The van der Waals surface area contributed by atoms with Crippen LogP contribution >= 0.6 is 0 Å². The van der Waals surface area contributed by atoms with Gasteiger partial charge in [-0.1, -0.05) is 0 Å². The van der Waals surface area contributed by atoms with Crippen LogP contribution in [0, 0.1) is 6.92 Å². The lowest BCUT2D eigenvalue weighted by molar-refractivity contribution is 0.0799. The highest BCUT2D eigenvalue weighted by Crippen LogP contribution is 2.42. The number of carbonyl (C=O) groups excluding carboxylic acids is 1. The molecule has 1 saturated carbocycles. The van der Waals surface area contributed by atoms with Gasteiger partial charge in [-0.05, 0) is 43.9 Å². The summed E-state index contributed by atoms with van der Waals surface area (Å²) in [7, 11) is 2.00. The number of H-pyrrole nitrogens is 1. The van der Waals surface area contributed by atoms with Gasteiger partial charge in [0, 0.05) is 13.2 Å². The predicted octanol–water partition coefficient (Wildman–Crippen LogP) is 2.46. The number of amides is 1. The summed E-state index contributed by atoms with van der Waals surface area (Å²) in [5.41, 5.74) is 2.01. The summed E-state index contributed by atoms with van der Waals surface area (Å²) < 4.78 is 0. The van der Waals surface area contributed by atoms with Crippen molar-refractivity contribution in [1.29, 1.82) is 0 Å². The Morgan fingerprint density at radius 1 is 1.31 bits per heavy atom. The molecule has 4 heterocycles. The Hall–Kier alpha value is -3.16. The number of hydrogen-bond acceptors (Lipinski definition) is 6. The van der Waals surface area contributed by atoms with Crippen LogP contribution in [0.3, 0.4) is 0 Å². The van der Waals surface area contributed by atoms with Crippen molar-refractivity contribution >= 4 is 34.4 Å². The highest BCUT2D eigenvalue weighted by atomic mass is 16.2. The van der Waals surface area contributed by atoms with Gasteiger partial charge >= 0.3 is 0 Å². The molecule has 0 bridgehead atoms. The van der Waals surface area contributed by atoms with Gasteiger partial charge in [-0.15, -0.1) is 0 Å². The van der Waals surface area contributed by atoms with Crippen molar-refractivity contribution in [1.82, 2.24) is 25.3 Å². The first-order valence-electron chi connectivity index (χ1n) is 8.70. The van der Waals surface area contributed by atoms with Gasteiger partial charge in [-0.3, -0.25) is 4.79 Å². The second-order valence-electron chi connectivity index (χ2n) is 7.01. The fourth-order valence-corrected chi connectivity index (χ4v) is 3.87. The first kappa shape index (κ1) is 15.1. The Labute approximate surface area is 150 Å². The van der Waals surface area contributed by atoms with E-state index in [0.717, 1.165) is 41.7 Å². The van der Waals surface area contributed by atoms with Crippen LogP contribution in [-0.4, -0.2) is 38.6 Å². The number of nitrogens with one attached hydrogen (secondary N) is 3. The molecule has 1 aliphatic carbocycles. The molecule has 1 amide bonds. The first-order valence-corrected chi connectivity index (χ1v) is 8.70. The Bertz CT molecular complexity index is 1040. The smallest absolute Gasteiger partial charge is 0.257 e. The molecular weight excluding hydrogens is 330 g/mol. The Morgan fingerprint density at radius 3 is 2.92 bits per heavy atom. The Morgan fingerprint density at radius 2 is 2.15 bits per heavy atom. The molecule has 2 aliphatic rings. The average Bonchev–Trinajstić information content (AvgIpc) is 3.06. The van der Waals surface area contributed by atoms with E-state index in [-0.39, 0.29) is 11.6 Å². The summed E-state index contributed by atoms with van der Waals surface area (Å²) in [6, 6.07) is 3.80. The average molecular weight is 349 g/mol. The van der Waals surface area contributed by atoms with Crippen molar-refractivity contribution in [3.63, 3.8) is 0 Å². The zero-order valence-electron chi connectivity index (χ0n) is 14.6. The van der Waals surface area contributed by atoms with Gasteiger partial charge < -0.3 is 20.5 Å². The lowest BCUT2D eigenvalue weighted by atomic mass is 9.81. The Kier molecular flexibility index (Phi) is 3.01. The summed E-state index contributed by atoms with van der Waals surface area (Å²) in [6.07, 6.45) is 6.35. The molecule has 1 fully saturated rings. The van der Waals surface area contributed by atoms with E-state index in [1.807, 2.05) is 32.3 Å². The number of fused-ring (bicyclic) bond motifs is 2. The van der Waals surface area contributed by atoms with Gasteiger partial charge in [0.25, 0.3) is 5.91 Å². The minimum Gasteiger partial charge on any atom is -0.346 e. The van der Waals surface area contributed by atoms with Crippen LogP contribution in [-0.2, 0) is 0 Å². The van der Waals surface area contributed by atoms with Crippen molar-refractivity contribution < 1.29 is 4.79 Å². The number of carbonyl (C=O) groups is 1. The minimum absolute atomic E-state index is 0.0376. The molecule has 0 unspecified atom stereocenters. The van der Waals surface area contributed by atoms with Crippen LogP contribution in [0.5, 0.6) is 0 Å². The number of aromatic amines is 1. The molecule has 8 heteroatoms. The molecule has 1 spiro atoms. The number of aromatic nitrogens is 4. The summed E-state index contributed by atoms with van der Waals surface area (Å²) in [5.74, 6) is 2.03. The quantitative estimate of drug-likeness (QED) is 0.657. The molecule has 26 heavy (non-hydrogen) atoms. The van der Waals surface area contributed by atoms with Crippen molar-refractivity contribution in [2.45, 2.75) is 31.8 Å². The number of nitrogens with zero attached hydrogens (tertiary/aromatic N) is 4. The summed E-state index contributed by atoms with van der Waals surface area (Å²) in [5, 5.41) is 7.34. The summed E-state index contributed by atoms with van der Waals surface area (Å²) in [4.78, 5) is 31.1. The van der Waals surface area contributed by atoms with Crippen LogP contribution in [0.4, 0.5) is 17.5 Å². The van der Waals surface area contributed by atoms with Crippen LogP contribution in [0.15, 0.2) is 24.7 Å². The number of pyridine rings is 1. The van der Waals surface area contributed by atoms with Gasteiger partial charge in [-0.25, -0.2) is 15.0 Å². The molecule has 1 aliphatic heterocycles. The lowest BCUT2D eigenvalue weighted by Gasteiger charge is -2.52. The number of anilines is 3. The normalized spacial score (nSPS) is 17.8. The van der Waals surface area contributed by atoms with E-state index in [1.54, 1.807) is 0 Å². The fourth-order valence-electron chi connectivity index (χ4n) is 3.87. The van der Waals surface area contributed by atoms with Crippen LogP contribution in [0.25, 0.3) is 11.0 Å². The molecule has 0 saturated heterocycles. The van der Waals surface area contributed by atoms with E-state index in [9.17, 15) is 4.79 Å². The van der Waals surface area contributed by atoms with Gasteiger partial charge in [0.1, 0.15) is 35.1 Å². The number of aryl methyl sites for hydroxylation is 1. The number of hydrogen-bond donors (Lipinski definition) is 3. The molecule has 3 N–H and O–H groups in total. The van der Waals surface area contributed by atoms with Crippen LogP contribution in [0.1, 0.15) is 35.2 Å². The van der Waals surface area contributed by atoms with E-state index >= 15 is 0 Å². The topological polar surface area (TPSA) is 98.8 Å². The molecule has 8 nitrogen and oxygen atoms in total. The van der Waals surface area contributed by atoms with Crippen LogP contribution < -0.4 is 15.5 Å². The minimum atomic E-state index is -0.287. The maximum absolute atomic E-state index is 12.6. The maximum atomic E-state index is 12.6. The standard InChI is InChI=1S/C18H19N7O/c1-10-8-12(22-15-11-4-7-19-14(11)20-9-21-15)23-16-13(10)17(26)24-18(25(16)2)5-3-6-18/h4,7-9H,3,5-6H2,1-2H3,(H,24,26)(H2,19,20,21,22,23). The molecule has 0 aromatic carbocycles. The summed E-state index contributed by atoms with van der Waals surface area (Å²) >= 11 is 0. The van der Waals surface area contributed by atoms with Crippen LogP contribution in [0.2, 0.25) is 0 Å². The predicted molar refractivity (Wildman–Crippen MR) is 98.6 cm³/mol. The van der Waals surface area contributed by atoms with E-state index in [1.165, 1.54) is 6.33 Å². The molecule has 132 valence electrons. The Balaban J connectivity index is 1.59. The molecule has 3 aromatic rings. The second-order valence-corrected chi connectivity index (χ2v) is 7.01. The molecule has 5 rings (SSSR count). The maximum Gasteiger partial charge on any atom is 0.257 e. The van der Waals surface area contributed by atoms with Gasteiger partial charge in [0.2, 0.25) is 0 Å². The lowest BCUT2D eigenvalue weighted by Crippen LogP contribution is -2.67. The number of rotatable bonds is 2. The third-order valence-electron chi connectivity index (χ3n) is 5.51. The van der Waals surface area contributed by atoms with Gasteiger partial charge in [-0.2, -0.15) is 0 Å². The second kappa shape index (κ2) is 5.17. The van der Waals surface area contributed by atoms with Crippen molar-refractivity contribution in [3.8, 4) is 0 Å². The van der Waals surface area contributed by atoms with Crippen molar-refractivity contribution in [3.05, 3.63) is 35.8 Å². The third kappa shape index (κ3) is 2.01. The zero-order chi connectivity index (χ0) is 17.9.